The van der Waals surface area contributed by atoms with Gasteiger partial charge in [0.15, 0.2) is 0 Å². The monoisotopic (exact) mass is 1240 g/mol. The fourth-order valence-corrected chi connectivity index (χ4v) is 17.7. The Kier molecular flexibility index (Phi) is 13.6. The molecule has 4 nitrogen and oxygen atoms in total. The first-order valence-electron chi connectivity index (χ1n) is 32.9. The van der Waals surface area contributed by atoms with Crippen molar-refractivity contribution in [1.29, 1.82) is 0 Å². The van der Waals surface area contributed by atoms with Crippen LogP contribution in [0, 0.1) is 27.7 Å². The van der Waals surface area contributed by atoms with E-state index >= 15 is 0 Å². The zero-order chi connectivity index (χ0) is 64.1. The molecule has 0 spiro atoms. The third-order valence-electron chi connectivity index (χ3n) is 19.9. The maximum atomic E-state index is 2.66. The van der Waals surface area contributed by atoms with Crippen LogP contribution in [0.3, 0.4) is 0 Å². The minimum atomic E-state index is -0.207. The predicted octanol–water partition coefficient (Wildman–Crippen LogP) is 23.2. The van der Waals surface area contributed by atoms with E-state index in [1.54, 1.807) is 0 Å². The molecule has 2 aliphatic rings. The van der Waals surface area contributed by atoms with Gasteiger partial charge in [-0.3, -0.25) is 0 Å². The summed E-state index contributed by atoms with van der Waals surface area (Å²) in [6.45, 7) is 30.3. The van der Waals surface area contributed by atoms with Crippen LogP contribution < -0.4 is 31.1 Å². The third kappa shape index (κ3) is 9.75. The van der Waals surface area contributed by atoms with Gasteiger partial charge in [0.05, 0.1) is 11.0 Å². The summed E-state index contributed by atoms with van der Waals surface area (Å²) >= 11 is 3.78. The number of benzene rings is 11. The molecule has 0 unspecified atom stereocenters. The molecule has 0 saturated heterocycles. The van der Waals surface area contributed by atoms with Gasteiger partial charge in [0.1, 0.15) is 0 Å². The molecule has 0 radical (unpaired) electrons. The Bertz CT molecular complexity index is 5240. The summed E-state index contributed by atoms with van der Waals surface area (Å²) in [6, 6.07) is 88.4. The van der Waals surface area contributed by atoms with Gasteiger partial charge in [0.2, 0.25) is 0 Å². The van der Waals surface area contributed by atoms with Crippen LogP contribution in [0.25, 0.3) is 68.5 Å². The molecule has 0 aliphatic carbocycles. The molecule has 0 fully saturated rings. The van der Waals surface area contributed by atoms with Crippen molar-refractivity contribution in [3.8, 4) is 26.6 Å². The summed E-state index contributed by atoms with van der Waals surface area (Å²) in [6.07, 6.45) is 0. The molecule has 16 rings (SSSR count). The van der Waals surface area contributed by atoms with E-state index in [0.29, 0.717) is 0 Å². The van der Waals surface area contributed by atoms with Crippen molar-refractivity contribution in [3.05, 3.63) is 269 Å². The topological polar surface area (TPSA) is 14.7 Å². The number of nitrogens with zero attached hydrogens (tertiary/aromatic N) is 4. The summed E-state index contributed by atoms with van der Waals surface area (Å²) in [5.74, 6) is 0. The number of para-hydroxylation sites is 2. The van der Waals surface area contributed by atoms with Gasteiger partial charge in [-0.2, -0.15) is 0 Å². The first kappa shape index (κ1) is 58.7. The van der Waals surface area contributed by atoms with Crippen LogP contribution in [0.15, 0.2) is 231 Å². The SMILES string of the molecule is Cc1cc(N2c3ccc(C(C)(C)C)cc3B3c4ccc(N(c5ccc(C(C)(C)C)cc5)c5ccc6c7ccccc7n(-c7ccccc7)c6c5)cc4N(c4cc(C)c(-c5cc6ccccc6s5)c(C)c4)c4cc(C(C)(C)C)cc2c43)cc(C)c1-c1cc2ccccc2s1. The number of aryl methyl sites for hydroxylation is 4. The van der Waals surface area contributed by atoms with Crippen molar-refractivity contribution in [3.63, 3.8) is 0 Å². The lowest BCUT2D eigenvalue weighted by Gasteiger charge is -2.46. The van der Waals surface area contributed by atoms with E-state index in [4.69, 9.17) is 0 Å². The summed E-state index contributed by atoms with van der Waals surface area (Å²) in [7, 11) is 0. The maximum Gasteiger partial charge on any atom is 0.252 e. The Balaban J connectivity index is 0.973. The van der Waals surface area contributed by atoms with Crippen molar-refractivity contribution in [2.75, 3.05) is 14.7 Å². The Morgan fingerprint density at radius 3 is 1.40 bits per heavy atom. The molecule has 0 saturated carbocycles. The summed E-state index contributed by atoms with van der Waals surface area (Å²) in [5.41, 5.74) is 29.1. The number of thiophene rings is 2. The van der Waals surface area contributed by atoms with E-state index in [9.17, 15) is 0 Å². The first-order valence-corrected chi connectivity index (χ1v) is 34.5. The van der Waals surface area contributed by atoms with Gasteiger partial charge >= 0.3 is 0 Å². The van der Waals surface area contributed by atoms with E-state index in [1.165, 1.54) is 141 Å². The van der Waals surface area contributed by atoms with E-state index in [2.05, 4.69) is 340 Å². The highest BCUT2D eigenvalue weighted by atomic mass is 32.1. The molecule has 0 N–H and O–H groups in total. The largest absolute Gasteiger partial charge is 0.311 e. The maximum absolute atomic E-state index is 2.66. The molecule has 0 amide bonds. The van der Waals surface area contributed by atoms with Crippen molar-refractivity contribution in [2.45, 2.75) is 106 Å². The second kappa shape index (κ2) is 21.6. The number of hydrogen-bond acceptors (Lipinski definition) is 5. The first-order chi connectivity index (χ1) is 44.6. The van der Waals surface area contributed by atoms with E-state index in [0.717, 1.165) is 34.0 Å². The van der Waals surface area contributed by atoms with Crippen LogP contribution in [0.1, 0.15) is 101 Å². The third-order valence-corrected chi connectivity index (χ3v) is 22.1. The normalized spacial score (nSPS) is 13.2. The Morgan fingerprint density at radius 1 is 0.344 bits per heavy atom. The van der Waals surface area contributed by atoms with Crippen molar-refractivity contribution >= 4 is 139 Å². The van der Waals surface area contributed by atoms with Gasteiger partial charge in [-0.05, 0) is 242 Å². The lowest BCUT2D eigenvalue weighted by Crippen LogP contribution is -2.61. The molecule has 14 aromatic rings. The van der Waals surface area contributed by atoms with Crippen molar-refractivity contribution < 1.29 is 0 Å². The van der Waals surface area contributed by atoms with Crippen LogP contribution >= 0.6 is 22.7 Å². The van der Waals surface area contributed by atoms with E-state index in [-0.39, 0.29) is 23.0 Å². The van der Waals surface area contributed by atoms with Crippen LogP contribution in [-0.4, -0.2) is 11.3 Å². The average Bonchev–Trinajstić information content (AvgIpc) is 1.41. The highest BCUT2D eigenvalue weighted by molar-refractivity contribution is 7.22. The minimum Gasteiger partial charge on any atom is -0.311 e. The summed E-state index contributed by atoms with van der Waals surface area (Å²) < 4.78 is 5.06. The van der Waals surface area contributed by atoms with E-state index < -0.39 is 0 Å². The molecule has 7 heteroatoms. The zero-order valence-corrected chi connectivity index (χ0v) is 57.3. The van der Waals surface area contributed by atoms with Crippen LogP contribution in [0.5, 0.6) is 0 Å². The molecule has 3 aromatic heterocycles. The standard InChI is InChI=1S/C86H77BN4S2/c1-52-41-65(42-53(2)81(52)79-45-56-23-17-21-29-77(56)92-79)90-72-40-33-59(85(8,9)10)47-70(72)87-69-39-37-64(88(62-34-31-58(32-35-62)84(5,6)7)63-36-38-68-67-27-19-20-28-71(67)89(73(68)50-63)61-25-15-14-16-26-61)51-74(69)91(76-49-60(86(11,12)13)48-75(90)83(76)87)66-43-54(3)82(55(4)44-66)80-46-57-24-18-22-30-78(57)93-80/h14-51H,1-13H3. The summed E-state index contributed by atoms with van der Waals surface area (Å²) in [4.78, 5) is 10.4. The fourth-order valence-electron chi connectivity index (χ4n) is 15.2. The van der Waals surface area contributed by atoms with Crippen LogP contribution in [0.2, 0.25) is 0 Å². The molecule has 0 atom stereocenters. The number of hydrogen-bond donors (Lipinski definition) is 0. The van der Waals surface area contributed by atoms with Crippen molar-refractivity contribution in [2.24, 2.45) is 0 Å². The number of anilines is 9. The van der Waals surface area contributed by atoms with Gasteiger partial charge in [0, 0.05) is 86.8 Å². The second-order valence-electron chi connectivity index (χ2n) is 29.3. The molecule has 93 heavy (non-hydrogen) atoms. The second-order valence-corrected chi connectivity index (χ2v) is 31.4. The molecule has 5 heterocycles. The summed E-state index contributed by atoms with van der Waals surface area (Å²) in [5, 5.41) is 5.04. The molecule has 11 aromatic carbocycles. The van der Waals surface area contributed by atoms with E-state index in [1.807, 2.05) is 22.7 Å². The molecule has 456 valence electrons. The van der Waals surface area contributed by atoms with Gasteiger partial charge < -0.3 is 19.3 Å². The van der Waals surface area contributed by atoms with Crippen LogP contribution in [0.4, 0.5) is 51.2 Å². The Hall–Kier alpha value is -9.40. The quantitative estimate of drug-likeness (QED) is 0.141. The number of aromatic nitrogens is 1. The van der Waals surface area contributed by atoms with Crippen LogP contribution in [-0.2, 0) is 16.2 Å². The molecule has 0 bridgehead atoms. The number of fused-ring (bicyclic) bond motifs is 9. The minimum absolute atomic E-state index is 0.0222. The smallest absolute Gasteiger partial charge is 0.252 e. The molecule has 2 aliphatic heterocycles. The van der Waals surface area contributed by atoms with Gasteiger partial charge in [-0.1, -0.05) is 172 Å². The lowest BCUT2D eigenvalue weighted by molar-refractivity contribution is 0.590. The lowest BCUT2D eigenvalue weighted by atomic mass is 9.33. The Labute approximate surface area is 556 Å². The average molecular weight is 1240 g/mol. The highest BCUT2D eigenvalue weighted by Gasteiger charge is 2.45. The molecular weight excluding hydrogens is 1160 g/mol. The van der Waals surface area contributed by atoms with Gasteiger partial charge in [-0.25, -0.2) is 0 Å². The predicted molar refractivity (Wildman–Crippen MR) is 406 cm³/mol. The van der Waals surface area contributed by atoms with Crippen molar-refractivity contribution in [1.82, 2.24) is 4.57 Å². The fraction of sp³-hybridized carbons (Fsp3) is 0.186. The molecular formula is C86H77BN4S2. The number of rotatable bonds is 8. The van der Waals surface area contributed by atoms with Gasteiger partial charge in [0.25, 0.3) is 6.71 Å². The van der Waals surface area contributed by atoms with Gasteiger partial charge in [-0.15, -0.1) is 22.7 Å². The zero-order valence-electron chi connectivity index (χ0n) is 55.6. The Morgan fingerprint density at radius 2 is 0.828 bits per heavy atom. The highest BCUT2D eigenvalue weighted by Crippen LogP contribution is 2.51.